The van der Waals surface area contributed by atoms with Crippen molar-refractivity contribution in [2.24, 2.45) is 0 Å². The molecular weight excluding hydrogens is 526 g/mol. The molecule has 0 fully saturated rings. The maximum absolute atomic E-state index is 6.07. The van der Waals surface area contributed by atoms with Crippen molar-refractivity contribution >= 4 is 22.6 Å². The molecule has 4 aromatic heterocycles. The van der Waals surface area contributed by atoms with Gasteiger partial charge in [-0.3, -0.25) is 0 Å². The van der Waals surface area contributed by atoms with Crippen LogP contribution in [-0.2, 0) is 19.0 Å². The Balaban J connectivity index is 0.000000156. The van der Waals surface area contributed by atoms with Gasteiger partial charge in [0.15, 0.2) is 0 Å². The van der Waals surface area contributed by atoms with Crippen molar-refractivity contribution < 1.29 is 0 Å². The van der Waals surface area contributed by atoms with E-state index in [-0.39, 0.29) is 0 Å². The summed E-state index contributed by atoms with van der Waals surface area (Å²) in [5.74, 6) is 0.470. The first kappa shape index (κ1) is 26.5. The van der Waals surface area contributed by atoms with Crippen molar-refractivity contribution in [1.82, 2.24) is 24.1 Å². The Morgan fingerprint density at radius 2 is 1.02 bits per heavy atom. The molecule has 0 aliphatic rings. The third kappa shape index (κ3) is 5.92. The zero-order valence-electron chi connectivity index (χ0n) is 22.6. The molecule has 1 N–H and O–H groups in total. The Hall–Kier alpha value is -4.71. The van der Waals surface area contributed by atoms with Gasteiger partial charge in [-0.25, -0.2) is 9.97 Å². The molecule has 4 heterocycles. The summed E-state index contributed by atoms with van der Waals surface area (Å²) in [7, 11) is 0. The standard InChI is InChI=1S/C21H19N3.C14H11ClN2/c1-3-7-17(8-4-1)13-22-15-21-20(18-9-5-2-6-10-18)12-11-19-14-23-16-24(19)21;15-8-14-13(11-4-2-1-3-5-11)7-6-12-9-16-10-17(12)14/h1-12,14,16,22H,13,15H2;1-7,9-10H,8H2. The Morgan fingerprint density at radius 3 is 1.56 bits per heavy atom. The summed E-state index contributed by atoms with van der Waals surface area (Å²) in [4.78, 5) is 8.45. The van der Waals surface area contributed by atoms with Crippen LogP contribution in [0.15, 0.2) is 140 Å². The summed E-state index contributed by atoms with van der Waals surface area (Å²) in [6.07, 6.45) is 7.43. The van der Waals surface area contributed by atoms with Crippen LogP contribution < -0.4 is 5.32 Å². The minimum absolute atomic E-state index is 0.470. The van der Waals surface area contributed by atoms with Crippen molar-refractivity contribution in [3.63, 3.8) is 0 Å². The van der Waals surface area contributed by atoms with Crippen molar-refractivity contribution in [1.29, 1.82) is 0 Å². The third-order valence-electron chi connectivity index (χ3n) is 7.14. The topological polar surface area (TPSA) is 46.6 Å². The molecule has 0 aliphatic carbocycles. The van der Waals surface area contributed by atoms with E-state index >= 15 is 0 Å². The van der Waals surface area contributed by atoms with Crippen LogP contribution in [0.2, 0.25) is 0 Å². The molecule has 41 heavy (non-hydrogen) atoms. The average molecular weight is 556 g/mol. The number of halogens is 1. The first-order chi connectivity index (χ1) is 20.3. The molecule has 0 spiro atoms. The summed E-state index contributed by atoms with van der Waals surface area (Å²) >= 11 is 6.07. The number of fused-ring (bicyclic) bond motifs is 2. The number of rotatable bonds is 7. The Kier molecular flexibility index (Phi) is 8.17. The number of nitrogens with one attached hydrogen (secondary N) is 1. The van der Waals surface area contributed by atoms with Gasteiger partial charge < -0.3 is 14.1 Å². The largest absolute Gasteiger partial charge is 0.307 e. The van der Waals surface area contributed by atoms with Crippen LogP contribution >= 0.6 is 11.6 Å². The number of benzene rings is 3. The van der Waals surface area contributed by atoms with Crippen molar-refractivity contribution in [3.8, 4) is 22.3 Å². The molecular formula is C35H30ClN5. The van der Waals surface area contributed by atoms with Gasteiger partial charge in [-0.2, -0.15) is 0 Å². The van der Waals surface area contributed by atoms with Crippen LogP contribution in [0.1, 0.15) is 17.0 Å². The van der Waals surface area contributed by atoms with E-state index < -0.39 is 0 Å². The fourth-order valence-corrected chi connectivity index (χ4v) is 5.37. The molecule has 0 saturated carbocycles. The van der Waals surface area contributed by atoms with Crippen LogP contribution in [-0.4, -0.2) is 18.8 Å². The average Bonchev–Trinajstić information content (AvgIpc) is 3.73. The van der Waals surface area contributed by atoms with E-state index in [0.29, 0.717) is 5.88 Å². The Morgan fingerprint density at radius 1 is 0.537 bits per heavy atom. The fraction of sp³-hybridized carbons (Fsp3) is 0.0857. The number of aromatic nitrogens is 4. The molecule has 5 nitrogen and oxygen atoms in total. The highest BCUT2D eigenvalue weighted by molar-refractivity contribution is 6.17. The Bertz CT molecular complexity index is 1840. The lowest BCUT2D eigenvalue weighted by molar-refractivity contribution is 0.674. The number of pyridine rings is 2. The summed E-state index contributed by atoms with van der Waals surface area (Å²) < 4.78 is 4.20. The summed E-state index contributed by atoms with van der Waals surface area (Å²) in [5, 5.41) is 3.56. The van der Waals surface area contributed by atoms with E-state index in [9.17, 15) is 0 Å². The van der Waals surface area contributed by atoms with Gasteiger partial charge >= 0.3 is 0 Å². The monoisotopic (exact) mass is 555 g/mol. The molecule has 0 aliphatic heterocycles. The van der Waals surface area contributed by atoms with Gasteiger partial charge in [0.2, 0.25) is 0 Å². The molecule has 7 rings (SSSR count). The second kappa shape index (κ2) is 12.6. The summed E-state index contributed by atoms with van der Waals surface area (Å²) in [6, 6.07) is 39.7. The third-order valence-corrected chi connectivity index (χ3v) is 7.39. The summed E-state index contributed by atoms with van der Waals surface area (Å²) in [5.41, 5.74) is 10.6. The van der Waals surface area contributed by atoms with Crippen molar-refractivity contribution in [2.45, 2.75) is 19.0 Å². The zero-order valence-corrected chi connectivity index (χ0v) is 23.3. The molecule has 7 aromatic rings. The predicted octanol–water partition coefficient (Wildman–Crippen LogP) is 8.03. The number of nitrogens with zero attached hydrogens (tertiary/aromatic N) is 4. The molecule has 6 heteroatoms. The number of hydrogen-bond donors (Lipinski definition) is 1. The molecule has 202 valence electrons. The highest BCUT2D eigenvalue weighted by atomic mass is 35.5. The minimum atomic E-state index is 0.470. The highest BCUT2D eigenvalue weighted by Crippen LogP contribution is 2.27. The van der Waals surface area contributed by atoms with E-state index in [4.69, 9.17) is 11.6 Å². The van der Waals surface area contributed by atoms with Gasteiger partial charge in [0.1, 0.15) is 0 Å². The lowest BCUT2D eigenvalue weighted by Gasteiger charge is -2.14. The Labute approximate surface area is 244 Å². The minimum Gasteiger partial charge on any atom is -0.307 e. The van der Waals surface area contributed by atoms with E-state index in [1.807, 2.05) is 53.5 Å². The number of alkyl halides is 1. The molecule has 0 amide bonds. The van der Waals surface area contributed by atoms with E-state index in [1.54, 1.807) is 6.33 Å². The van der Waals surface area contributed by atoms with E-state index in [0.717, 1.165) is 35.4 Å². The highest BCUT2D eigenvalue weighted by Gasteiger charge is 2.10. The zero-order chi connectivity index (χ0) is 27.9. The quantitative estimate of drug-likeness (QED) is 0.202. The second-order valence-corrected chi connectivity index (χ2v) is 9.99. The van der Waals surface area contributed by atoms with Gasteiger partial charge in [-0.1, -0.05) is 103 Å². The van der Waals surface area contributed by atoms with Crippen LogP contribution in [0.25, 0.3) is 33.3 Å². The maximum Gasteiger partial charge on any atom is 0.0994 e. The molecule has 3 aromatic carbocycles. The van der Waals surface area contributed by atoms with Crippen LogP contribution in [0.3, 0.4) is 0 Å². The first-order valence-electron chi connectivity index (χ1n) is 13.6. The van der Waals surface area contributed by atoms with Gasteiger partial charge in [-0.15, -0.1) is 11.6 Å². The molecule has 0 bridgehead atoms. The smallest absolute Gasteiger partial charge is 0.0994 e. The van der Waals surface area contributed by atoms with Gasteiger partial charge in [0.05, 0.1) is 42.0 Å². The molecule has 0 radical (unpaired) electrons. The SMILES string of the molecule is ClCc1c(-c2ccccc2)ccc2cncn12.c1ccc(CNCc2c(-c3ccccc3)ccc3cncn23)cc1. The van der Waals surface area contributed by atoms with E-state index in [2.05, 4.69) is 105 Å². The van der Waals surface area contributed by atoms with Crippen LogP contribution in [0, 0.1) is 0 Å². The fourth-order valence-electron chi connectivity index (χ4n) is 5.10. The van der Waals surface area contributed by atoms with E-state index in [1.165, 1.54) is 27.9 Å². The van der Waals surface area contributed by atoms with Gasteiger partial charge in [-0.05, 0) is 28.8 Å². The lowest BCUT2D eigenvalue weighted by Crippen LogP contribution is -2.16. The number of hydrogen-bond acceptors (Lipinski definition) is 3. The molecule has 0 unspecified atom stereocenters. The molecule has 0 saturated heterocycles. The first-order valence-corrected chi connectivity index (χ1v) is 14.1. The number of imidazole rings is 2. The normalized spacial score (nSPS) is 11.0. The summed E-state index contributed by atoms with van der Waals surface area (Å²) in [6.45, 7) is 1.63. The van der Waals surface area contributed by atoms with Gasteiger partial charge in [0.25, 0.3) is 0 Å². The second-order valence-electron chi connectivity index (χ2n) is 9.72. The van der Waals surface area contributed by atoms with Crippen molar-refractivity contribution in [2.75, 3.05) is 0 Å². The van der Waals surface area contributed by atoms with Crippen LogP contribution in [0.5, 0.6) is 0 Å². The maximum atomic E-state index is 6.07. The molecule has 0 atom stereocenters. The van der Waals surface area contributed by atoms with Crippen LogP contribution in [0.4, 0.5) is 0 Å². The lowest BCUT2D eigenvalue weighted by atomic mass is 10.0. The van der Waals surface area contributed by atoms with Crippen molar-refractivity contribution in [3.05, 3.63) is 157 Å². The van der Waals surface area contributed by atoms with Gasteiger partial charge in [0, 0.05) is 35.6 Å². The predicted molar refractivity (Wildman–Crippen MR) is 168 cm³/mol.